The van der Waals surface area contributed by atoms with E-state index in [1.165, 1.54) is 0 Å². The van der Waals surface area contributed by atoms with E-state index in [1.54, 1.807) is 24.3 Å². The minimum Gasteiger partial charge on any atom is -0.399 e. The summed E-state index contributed by atoms with van der Waals surface area (Å²) >= 11 is 0. The number of halogens is 1. The highest BCUT2D eigenvalue weighted by molar-refractivity contribution is 5.95. The highest BCUT2D eigenvalue weighted by Gasteiger charge is 2.24. The van der Waals surface area contributed by atoms with Crippen molar-refractivity contribution in [1.82, 2.24) is 4.90 Å². The molecular weight excluding hydrogens is 290 g/mol. The van der Waals surface area contributed by atoms with Crippen LogP contribution in [0.2, 0.25) is 0 Å². The molecule has 1 aliphatic rings. The lowest BCUT2D eigenvalue weighted by Gasteiger charge is -2.32. The predicted octanol–water partition coefficient (Wildman–Crippen LogP) is 1.81. The molecule has 2 rings (SSSR count). The van der Waals surface area contributed by atoms with E-state index in [9.17, 15) is 9.59 Å². The van der Waals surface area contributed by atoms with Gasteiger partial charge >= 0.3 is 0 Å². The summed E-state index contributed by atoms with van der Waals surface area (Å²) < 4.78 is 0. The summed E-state index contributed by atoms with van der Waals surface area (Å²) in [5, 5.41) is 0. The fraction of sp³-hybridized carbons (Fsp3) is 0.467. The van der Waals surface area contributed by atoms with Crippen LogP contribution >= 0.6 is 12.4 Å². The SMILES string of the molecule is Cl.NC(=O)CCC1CCCN(C(=O)c2cccc(N)c2)C1. The van der Waals surface area contributed by atoms with E-state index in [0.717, 1.165) is 25.8 Å². The van der Waals surface area contributed by atoms with Crippen LogP contribution in [0.4, 0.5) is 5.69 Å². The van der Waals surface area contributed by atoms with Crippen LogP contribution in [0.1, 0.15) is 36.0 Å². The molecule has 2 amide bonds. The summed E-state index contributed by atoms with van der Waals surface area (Å²) in [4.78, 5) is 25.1. The van der Waals surface area contributed by atoms with E-state index in [-0.39, 0.29) is 24.2 Å². The Balaban J connectivity index is 0.00000220. The molecule has 1 heterocycles. The van der Waals surface area contributed by atoms with Crippen LogP contribution in [0.25, 0.3) is 0 Å². The molecule has 4 N–H and O–H groups in total. The number of amides is 2. The predicted molar refractivity (Wildman–Crippen MR) is 85.2 cm³/mol. The standard InChI is InChI=1S/C15H21N3O2.ClH/c16-13-5-1-4-12(9-13)15(20)18-8-2-3-11(10-18)6-7-14(17)19;/h1,4-5,9,11H,2-3,6-8,10,16H2,(H2,17,19);1H. The third kappa shape index (κ3) is 4.93. The van der Waals surface area contributed by atoms with Crippen molar-refractivity contribution in [2.45, 2.75) is 25.7 Å². The van der Waals surface area contributed by atoms with Gasteiger partial charge in [0.1, 0.15) is 0 Å². The maximum atomic E-state index is 12.4. The average molecular weight is 312 g/mol. The Labute approximate surface area is 131 Å². The Hall–Kier alpha value is -1.75. The number of nitrogens with zero attached hydrogens (tertiary/aromatic N) is 1. The monoisotopic (exact) mass is 311 g/mol. The summed E-state index contributed by atoms with van der Waals surface area (Å²) in [6.07, 6.45) is 3.17. The Morgan fingerprint density at radius 2 is 2.10 bits per heavy atom. The summed E-state index contributed by atoms with van der Waals surface area (Å²) in [6, 6.07) is 7.04. The lowest BCUT2D eigenvalue weighted by Crippen LogP contribution is -2.40. The van der Waals surface area contributed by atoms with Crippen LogP contribution in [0.5, 0.6) is 0 Å². The van der Waals surface area contributed by atoms with Crippen molar-refractivity contribution in [3.8, 4) is 0 Å². The van der Waals surface area contributed by atoms with Crippen LogP contribution in [0, 0.1) is 5.92 Å². The molecule has 0 spiro atoms. The molecule has 1 fully saturated rings. The van der Waals surface area contributed by atoms with Crippen molar-refractivity contribution in [1.29, 1.82) is 0 Å². The molecule has 0 saturated carbocycles. The zero-order chi connectivity index (χ0) is 14.5. The van der Waals surface area contributed by atoms with Gasteiger partial charge in [0, 0.05) is 30.8 Å². The lowest BCUT2D eigenvalue weighted by atomic mass is 9.93. The number of nitrogens with two attached hydrogens (primary N) is 2. The number of primary amides is 1. The first-order chi connectivity index (χ1) is 9.56. The number of carbonyl (C=O) groups excluding carboxylic acids is 2. The maximum Gasteiger partial charge on any atom is 0.253 e. The van der Waals surface area contributed by atoms with Gasteiger partial charge in [-0.05, 0) is 43.4 Å². The van der Waals surface area contributed by atoms with Gasteiger partial charge in [-0.1, -0.05) is 6.07 Å². The first-order valence-electron chi connectivity index (χ1n) is 6.99. The Kier molecular flexibility index (Phi) is 6.49. The van der Waals surface area contributed by atoms with Gasteiger partial charge in [-0.15, -0.1) is 12.4 Å². The average Bonchev–Trinajstić information content (AvgIpc) is 2.44. The van der Waals surface area contributed by atoms with Crippen molar-refractivity contribution < 1.29 is 9.59 Å². The van der Waals surface area contributed by atoms with Crippen molar-refractivity contribution in [2.24, 2.45) is 11.7 Å². The number of piperidine rings is 1. The zero-order valence-electron chi connectivity index (χ0n) is 12.0. The second kappa shape index (κ2) is 7.88. The van der Waals surface area contributed by atoms with E-state index < -0.39 is 0 Å². The van der Waals surface area contributed by atoms with Gasteiger partial charge in [0.2, 0.25) is 5.91 Å². The summed E-state index contributed by atoms with van der Waals surface area (Å²) in [5.41, 5.74) is 12.1. The molecule has 1 saturated heterocycles. The number of hydrogen-bond acceptors (Lipinski definition) is 3. The highest BCUT2D eigenvalue weighted by Crippen LogP contribution is 2.22. The Bertz CT molecular complexity index is 507. The topological polar surface area (TPSA) is 89.4 Å². The second-order valence-electron chi connectivity index (χ2n) is 5.39. The van der Waals surface area contributed by atoms with E-state index in [4.69, 9.17) is 11.5 Å². The van der Waals surface area contributed by atoms with Gasteiger partial charge < -0.3 is 16.4 Å². The molecule has 0 bridgehead atoms. The Morgan fingerprint density at radius 3 is 2.76 bits per heavy atom. The lowest BCUT2D eigenvalue weighted by molar-refractivity contribution is -0.118. The minimum atomic E-state index is -0.274. The quantitative estimate of drug-likeness (QED) is 0.831. The van der Waals surface area contributed by atoms with Gasteiger partial charge in [-0.25, -0.2) is 0 Å². The zero-order valence-corrected chi connectivity index (χ0v) is 12.8. The molecule has 1 unspecified atom stereocenters. The highest BCUT2D eigenvalue weighted by atomic mass is 35.5. The largest absolute Gasteiger partial charge is 0.399 e. The van der Waals surface area contributed by atoms with Crippen LogP contribution in [-0.4, -0.2) is 29.8 Å². The van der Waals surface area contributed by atoms with Crippen molar-refractivity contribution in [3.63, 3.8) is 0 Å². The summed E-state index contributed by atoms with van der Waals surface area (Å²) in [7, 11) is 0. The van der Waals surface area contributed by atoms with Gasteiger partial charge in [-0.2, -0.15) is 0 Å². The van der Waals surface area contributed by atoms with Gasteiger partial charge in [0.15, 0.2) is 0 Å². The molecule has 0 radical (unpaired) electrons. The third-order valence-electron chi connectivity index (χ3n) is 3.74. The van der Waals surface area contributed by atoms with Crippen molar-refractivity contribution >= 4 is 29.9 Å². The number of carbonyl (C=O) groups is 2. The van der Waals surface area contributed by atoms with Gasteiger partial charge in [-0.3, -0.25) is 9.59 Å². The molecular formula is C15H22ClN3O2. The van der Waals surface area contributed by atoms with E-state index in [1.807, 2.05) is 4.90 Å². The second-order valence-corrected chi connectivity index (χ2v) is 5.39. The fourth-order valence-electron chi connectivity index (χ4n) is 2.69. The molecule has 21 heavy (non-hydrogen) atoms. The molecule has 0 aliphatic carbocycles. The fourth-order valence-corrected chi connectivity index (χ4v) is 2.69. The number of benzene rings is 1. The molecule has 6 heteroatoms. The number of rotatable bonds is 4. The normalized spacial score (nSPS) is 17.9. The summed E-state index contributed by atoms with van der Waals surface area (Å²) in [5.74, 6) is 0.103. The van der Waals surface area contributed by atoms with Crippen molar-refractivity contribution in [3.05, 3.63) is 29.8 Å². The maximum absolute atomic E-state index is 12.4. The molecule has 1 atom stereocenters. The molecule has 0 aromatic heterocycles. The minimum absolute atomic E-state index is 0. The first-order valence-corrected chi connectivity index (χ1v) is 6.99. The smallest absolute Gasteiger partial charge is 0.253 e. The molecule has 1 aromatic carbocycles. The number of anilines is 1. The van der Waals surface area contributed by atoms with Crippen molar-refractivity contribution in [2.75, 3.05) is 18.8 Å². The first kappa shape index (κ1) is 17.3. The summed E-state index contributed by atoms with van der Waals surface area (Å²) in [6.45, 7) is 1.46. The van der Waals surface area contributed by atoms with Crippen LogP contribution in [0.15, 0.2) is 24.3 Å². The molecule has 116 valence electrons. The number of likely N-dealkylation sites (tertiary alicyclic amines) is 1. The van der Waals surface area contributed by atoms with Gasteiger partial charge in [0.25, 0.3) is 5.91 Å². The molecule has 1 aromatic rings. The number of hydrogen-bond donors (Lipinski definition) is 2. The van der Waals surface area contributed by atoms with Crippen LogP contribution < -0.4 is 11.5 Å². The molecule has 1 aliphatic heterocycles. The van der Waals surface area contributed by atoms with E-state index >= 15 is 0 Å². The van der Waals surface area contributed by atoms with Crippen LogP contribution in [-0.2, 0) is 4.79 Å². The Morgan fingerprint density at radius 1 is 1.33 bits per heavy atom. The number of nitrogen functional groups attached to an aromatic ring is 1. The van der Waals surface area contributed by atoms with Gasteiger partial charge in [0.05, 0.1) is 0 Å². The third-order valence-corrected chi connectivity index (χ3v) is 3.74. The van der Waals surface area contributed by atoms with E-state index in [0.29, 0.717) is 30.1 Å². The van der Waals surface area contributed by atoms with Crippen LogP contribution in [0.3, 0.4) is 0 Å². The van der Waals surface area contributed by atoms with E-state index in [2.05, 4.69) is 0 Å². The molecule has 5 nitrogen and oxygen atoms in total.